The lowest BCUT2D eigenvalue weighted by Crippen LogP contribution is -2.41. The van der Waals surface area contributed by atoms with Gasteiger partial charge in [0.05, 0.1) is 17.9 Å². The van der Waals surface area contributed by atoms with Crippen molar-refractivity contribution >= 4 is 11.9 Å². The fraction of sp³-hybridized carbons (Fsp3) is 0.846. The van der Waals surface area contributed by atoms with Crippen molar-refractivity contribution in [3.05, 3.63) is 0 Å². The molecule has 2 aliphatic rings. The van der Waals surface area contributed by atoms with Gasteiger partial charge in [-0.05, 0) is 33.1 Å². The first kappa shape index (κ1) is 12.4. The van der Waals surface area contributed by atoms with Gasteiger partial charge in [-0.15, -0.1) is 0 Å². The molecule has 0 amide bonds. The van der Waals surface area contributed by atoms with Crippen LogP contribution in [-0.4, -0.2) is 23.6 Å². The summed E-state index contributed by atoms with van der Waals surface area (Å²) >= 11 is 0. The van der Waals surface area contributed by atoms with Gasteiger partial charge in [0, 0.05) is 6.42 Å². The first-order valence-corrected chi connectivity index (χ1v) is 6.26. The van der Waals surface area contributed by atoms with Crippen molar-refractivity contribution in [3.63, 3.8) is 0 Å². The average molecular weight is 240 g/mol. The van der Waals surface area contributed by atoms with Crippen molar-refractivity contribution in [3.8, 4) is 0 Å². The zero-order valence-electron chi connectivity index (χ0n) is 10.9. The van der Waals surface area contributed by atoms with Crippen molar-refractivity contribution < 1.29 is 19.1 Å². The highest BCUT2D eigenvalue weighted by atomic mass is 16.6. The maximum Gasteiger partial charge on any atom is 0.310 e. The smallest absolute Gasteiger partial charge is 0.310 e. The third-order valence-corrected chi connectivity index (χ3v) is 3.73. The summed E-state index contributed by atoms with van der Waals surface area (Å²) in [5, 5.41) is 0. The molecule has 0 aromatic heterocycles. The van der Waals surface area contributed by atoms with Crippen LogP contribution in [0, 0.1) is 17.8 Å². The van der Waals surface area contributed by atoms with E-state index < -0.39 is 0 Å². The van der Waals surface area contributed by atoms with E-state index in [1.165, 1.54) is 0 Å². The van der Waals surface area contributed by atoms with Gasteiger partial charge in [0.25, 0.3) is 0 Å². The maximum absolute atomic E-state index is 12.0. The van der Waals surface area contributed by atoms with Gasteiger partial charge in [-0.25, -0.2) is 0 Å². The minimum atomic E-state index is -0.365. The molecule has 0 spiro atoms. The molecule has 1 heterocycles. The van der Waals surface area contributed by atoms with Gasteiger partial charge in [-0.1, -0.05) is 6.92 Å². The van der Waals surface area contributed by atoms with Crippen LogP contribution in [0.2, 0.25) is 0 Å². The van der Waals surface area contributed by atoms with Crippen LogP contribution in [0.5, 0.6) is 0 Å². The lowest BCUT2D eigenvalue weighted by atomic mass is 9.69. The quantitative estimate of drug-likeness (QED) is 0.692. The highest BCUT2D eigenvalue weighted by molar-refractivity contribution is 5.84. The highest BCUT2D eigenvalue weighted by Gasteiger charge is 2.56. The number of ether oxygens (including phenoxy) is 2. The molecule has 0 N–H and O–H groups in total. The molecule has 2 fully saturated rings. The topological polar surface area (TPSA) is 52.6 Å². The third-order valence-electron chi connectivity index (χ3n) is 3.73. The molecule has 1 saturated heterocycles. The molecule has 1 saturated carbocycles. The number of carbonyl (C=O) groups excluding carboxylic acids is 2. The predicted molar refractivity (Wildman–Crippen MR) is 61.1 cm³/mol. The summed E-state index contributed by atoms with van der Waals surface area (Å²) in [6.07, 6.45) is 1.25. The summed E-state index contributed by atoms with van der Waals surface area (Å²) in [5.74, 6) is -0.993. The van der Waals surface area contributed by atoms with E-state index >= 15 is 0 Å². The fourth-order valence-electron chi connectivity index (χ4n) is 3.22. The van der Waals surface area contributed by atoms with E-state index in [1.54, 1.807) is 0 Å². The van der Waals surface area contributed by atoms with E-state index in [9.17, 15) is 9.59 Å². The molecular weight excluding hydrogens is 220 g/mol. The van der Waals surface area contributed by atoms with Crippen molar-refractivity contribution in [1.82, 2.24) is 0 Å². The summed E-state index contributed by atoms with van der Waals surface area (Å²) < 4.78 is 10.6. The van der Waals surface area contributed by atoms with E-state index in [-0.39, 0.29) is 41.4 Å². The van der Waals surface area contributed by atoms with Crippen LogP contribution >= 0.6 is 0 Å². The third kappa shape index (κ3) is 2.17. The number of esters is 2. The molecule has 0 radical (unpaired) electrons. The van der Waals surface area contributed by atoms with Gasteiger partial charge < -0.3 is 9.47 Å². The summed E-state index contributed by atoms with van der Waals surface area (Å²) in [6, 6.07) is 0. The Morgan fingerprint density at radius 3 is 2.71 bits per heavy atom. The number of carbonyl (C=O) groups is 2. The fourth-order valence-corrected chi connectivity index (χ4v) is 3.22. The van der Waals surface area contributed by atoms with Gasteiger partial charge in [0.1, 0.15) is 5.60 Å². The maximum atomic E-state index is 12.0. The van der Waals surface area contributed by atoms with Crippen molar-refractivity contribution in [2.75, 3.05) is 0 Å². The monoisotopic (exact) mass is 240 g/mol. The van der Waals surface area contributed by atoms with Crippen LogP contribution in [0.1, 0.15) is 40.5 Å². The SMILES string of the molecule is CC(C)OC(=O)[C@@H]1[C@@H]2C[C@](C)(C[C@@H]1C)OC2=O. The molecule has 17 heavy (non-hydrogen) atoms. The van der Waals surface area contributed by atoms with Crippen molar-refractivity contribution in [2.45, 2.75) is 52.2 Å². The molecule has 1 aliphatic heterocycles. The Morgan fingerprint density at radius 1 is 1.47 bits per heavy atom. The second-order valence-corrected chi connectivity index (χ2v) is 5.87. The van der Waals surface area contributed by atoms with Gasteiger partial charge >= 0.3 is 11.9 Å². The first-order chi connectivity index (χ1) is 7.82. The number of rotatable bonds is 2. The normalized spacial score (nSPS) is 40.3. The summed E-state index contributed by atoms with van der Waals surface area (Å²) in [6.45, 7) is 7.59. The molecule has 4 heteroatoms. The molecule has 0 unspecified atom stereocenters. The van der Waals surface area contributed by atoms with Gasteiger partial charge in [0.15, 0.2) is 0 Å². The Hall–Kier alpha value is -1.06. The summed E-state index contributed by atoms with van der Waals surface area (Å²) in [7, 11) is 0. The zero-order valence-corrected chi connectivity index (χ0v) is 10.9. The Balaban J connectivity index is 2.17. The standard InChI is InChI=1S/C13H20O4/c1-7(2)16-12(15)10-8(3)5-13(4)6-9(10)11(14)17-13/h7-10H,5-6H2,1-4H3/t8-,9-,10-,13-/m0/s1. The number of fused-ring (bicyclic) bond motifs is 2. The lowest BCUT2D eigenvalue weighted by molar-refractivity contribution is -0.160. The summed E-state index contributed by atoms with van der Waals surface area (Å²) in [4.78, 5) is 23.8. The van der Waals surface area contributed by atoms with E-state index in [0.717, 1.165) is 6.42 Å². The van der Waals surface area contributed by atoms with Crippen LogP contribution in [0.4, 0.5) is 0 Å². The minimum Gasteiger partial charge on any atom is -0.463 e. The van der Waals surface area contributed by atoms with E-state index in [1.807, 2.05) is 27.7 Å². The lowest BCUT2D eigenvalue weighted by Gasteiger charge is -2.35. The molecule has 0 aromatic carbocycles. The van der Waals surface area contributed by atoms with Gasteiger partial charge in [0.2, 0.25) is 0 Å². The number of hydrogen-bond donors (Lipinski definition) is 0. The Labute approximate surface area is 102 Å². The summed E-state index contributed by atoms with van der Waals surface area (Å²) in [5.41, 5.74) is -0.365. The minimum absolute atomic E-state index is 0.136. The van der Waals surface area contributed by atoms with E-state index in [2.05, 4.69) is 0 Å². The van der Waals surface area contributed by atoms with Gasteiger partial charge in [-0.2, -0.15) is 0 Å². The molecule has 96 valence electrons. The molecule has 1 aliphatic carbocycles. The molecule has 2 bridgehead atoms. The second-order valence-electron chi connectivity index (χ2n) is 5.87. The van der Waals surface area contributed by atoms with E-state index in [0.29, 0.717) is 6.42 Å². The Morgan fingerprint density at radius 2 is 2.12 bits per heavy atom. The Bertz CT molecular complexity index is 349. The molecule has 4 atom stereocenters. The van der Waals surface area contributed by atoms with Crippen LogP contribution in [0.15, 0.2) is 0 Å². The molecule has 2 rings (SSSR count). The zero-order chi connectivity index (χ0) is 12.8. The van der Waals surface area contributed by atoms with E-state index in [4.69, 9.17) is 9.47 Å². The van der Waals surface area contributed by atoms with Crippen molar-refractivity contribution in [2.24, 2.45) is 17.8 Å². The van der Waals surface area contributed by atoms with Crippen molar-refractivity contribution in [1.29, 1.82) is 0 Å². The average Bonchev–Trinajstić information content (AvgIpc) is 2.35. The Kier molecular flexibility index (Phi) is 2.92. The largest absolute Gasteiger partial charge is 0.463 e. The first-order valence-electron chi connectivity index (χ1n) is 6.26. The molecule has 4 nitrogen and oxygen atoms in total. The predicted octanol–water partition coefficient (Wildman–Crippen LogP) is 1.92. The van der Waals surface area contributed by atoms with Gasteiger partial charge in [-0.3, -0.25) is 9.59 Å². The van der Waals surface area contributed by atoms with Crippen LogP contribution in [0.25, 0.3) is 0 Å². The molecular formula is C13H20O4. The number of hydrogen-bond acceptors (Lipinski definition) is 4. The highest BCUT2D eigenvalue weighted by Crippen LogP contribution is 2.48. The second kappa shape index (κ2) is 4.00. The molecule has 0 aromatic rings. The van der Waals surface area contributed by atoms with Crippen LogP contribution < -0.4 is 0 Å². The van der Waals surface area contributed by atoms with Crippen LogP contribution in [-0.2, 0) is 19.1 Å². The van der Waals surface area contributed by atoms with Crippen LogP contribution in [0.3, 0.4) is 0 Å².